The molecule has 0 amide bonds. The number of ether oxygens (including phenoxy) is 4. The number of fused-ring (bicyclic) bond motifs is 2. The second-order valence-corrected chi connectivity index (χ2v) is 7.92. The van der Waals surface area contributed by atoms with E-state index in [0.29, 0.717) is 44.2 Å². The summed E-state index contributed by atoms with van der Waals surface area (Å²) >= 11 is 12.4. The van der Waals surface area contributed by atoms with E-state index in [0.717, 1.165) is 11.1 Å². The van der Waals surface area contributed by atoms with Crippen LogP contribution in [-0.2, 0) is 6.61 Å². The van der Waals surface area contributed by atoms with E-state index in [1.54, 1.807) is 42.5 Å². The Bertz CT molecular complexity index is 1230. The molecular formula is C24H16Cl2O5. The van der Waals surface area contributed by atoms with Crippen LogP contribution in [0.4, 0.5) is 0 Å². The molecule has 0 fully saturated rings. The van der Waals surface area contributed by atoms with E-state index in [4.69, 9.17) is 42.1 Å². The fraction of sp³-hybridized carbons (Fsp3) is 0.125. The molecule has 0 aliphatic carbocycles. The fourth-order valence-corrected chi connectivity index (χ4v) is 4.01. The number of Topliss-reactive ketones (excluding diaryl/α,β-unsaturated/α-hetero) is 1. The molecule has 0 N–H and O–H groups in total. The Balaban J connectivity index is 1.40. The zero-order valence-corrected chi connectivity index (χ0v) is 17.9. The quantitative estimate of drug-likeness (QED) is 0.437. The molecule has 3 aromatic carbocycles. The van der Waals surface area contributed by atoms with Crippen LogP contribution in [0.2, 0.25) is 10.0 Å². The molecule has 0 radical (unpaired) electrons. The highest BCUT2D eigenvalue weighted by molar-refractivity contribution is 6.35. The third-order valence-electron chi connectivity index (χ3n) is 5.16. The van der Waals surface area contributed by atoms with Crippen molar-refractivity contribution in [3.8, 4) is 23.0 Å². The number of benzene rings is 3. The molecule has 2 aliphatic heterocycles. The molecule has 0 bridgehead atoms. The van der Waals surface area contributed by atoms with Gasteiger partial charge in [0.05, 0.1) is 5.56 Å². The maximum absolute atomic E-state index is 12.8. The topological polar surface area (TPSA) is 54.0 Å². The highest BCUT2D eigenvalue weighted by atomic mass is 35.5. The summed E-state index contributed by atoms with van der Waals surface area (Å²) in [7, 11) is 0. The van der Waals surface area contributed by atoms with Crippen LogP contribution in [0.1, 0.15) is 27.0 Å². The van der Waals surface area contributed by atoms with Crippen LogP contribution >= 0.6 is 23.2 Å². The molecule has 7 heteroatoms. The highest BCUT2D eigenvalue weighted by Gasteiger charge is 2.30. The first-order valence-electron chi connectivity index (χ1n) is 9.54. The summed E-state index contributed by atoms with van der Waals surface area (Å²) in [5.74, 6) is 2.45. The number of hydrogen-bond acceptors (Lipinski definition) is 5. The first-order chi connectivity index (χ1) is 15.0. The molecule has 31 heavy (non-hydrogen) atoms. The summed E-state index contributed by atoms with van der Waals surface area (Å²) in [5.41, 5.74) is 2.70. The van der Waals surface area contributed by atoms with Crippen molar-refractivity contribution in [1.29, 1.82) is 0 Å². The van der Waals surface area contributed by atoms with Gasteiger partial charge in [-0.2, -0.15) is 0 Å². The molecule has 0 atom stereocenters. The fourth-order valence-electron chi connectivity index (χ4n) is 3.50. The monoisotopic (exact) mass is 454 g/mol. The van der Waals surface area contributed by atoms with Crippen LogP contribution in [0, 0.1) is 6.92 Å². The molecular weight excluding hydrogens is 439 g/mol. The van der Waals surface area contributed by atoms with Gasteiger partial charge in [-0.15, -0.1) is 0 Å². The lowest BCUT2D eigenvalue weighted by atomic mass is 10.1. The van der Waals surface area contributed by atoms with Crippen LogP contribution < -0.4 is 18.9 Å². The van der Waals surface area contributed by atoms with Gasteiger partial charge in [-0.25, -0.2) is 0 Å². The first-order valence-corrected chi connectivity index (χ1v) is 10.3. The predicted octanol–water partition coefficient (Wildman–Crippen LogP) is 6.23. The van der Waals surface area contributed by atoms with E-state index < -0.39 is 0 Å². The molecule has 2 heterocycles. The highest BCUT2D eigenvalue weighted by Crippen LogP contribution is 2.40. The molecule has 0 unspecified atom stereocenters. The van der Waals surface area contributed by atoms with Gasteiger partial charge in [0.2, 0.25) is 12.6 Å². The smallest absolute Gasteiger partial charge is 0.231 e. The number of hydrogen-bond donors (Lipinski definition) is 0. The normalized spacial score (nSPS) is 15.2. The molecule has 0 saturated carbocycles. The zero-order valence-electron chi connectivity index (χ0n) is 16.4. The average molecular weight is 455 g/mol. The lowest BCUT2D eigenvalue weighted by Gasteiger charge is -2.13. The Morgan fingerprint density at radius 3 is 2.61 bits per heavy atom. The Morgan fingerprint density at radius 1 is 1.03 bits per heavy atom. The predicted molar refractivity (Wildman–Crippen MR) is 117 cm³/mol. The standard InChI is InChI=1S/C24H16Cl2O5/c1-13-19(28-11-16-17(25)3-2-4-18(16)26)8-6-15-23(27)22(31-24(13)15)10-14-5-7-20-21(9-14)30-12-29-20/h2-10H,11-12H2,1H3/b22-10-. The molecule has 0 aromatic heterocycles. The van der Waals surface area contributed by atoms with Crippen molar-refractivity contribution in [1.82, 2.24) is 0 Å². The third kappa shape index (κ3) is 3.60. The number of carbonyl (C=O) groups excluding carboxylic acids is 1. The number of ketones is 1. The maximum Gasteiger partial charge on any atom is 0.231 e. The summed E-state index contributed by atoms with van der Waals surface area (Å²) < 4.78 is 22.6. The summed E-state index contributed by atoms with van der Waals surface area (Å²) in [6.07, 6.45) is 1.69. The lowest BCUT2D eigenvalue weighted by Crippen LogP contribution is -2.00. The second kappa shape index (κ2) is 7.84. The molecule has 2 aliphatic rings. The van der Waals surface area contributed by atoms with Gasteiger partial charge in [0.1, 0.15) is 18.1 Å². The van der Waals surface area contributed by atoms with Gasteiger partial charge in [-0.3, -0.25) is 4.79 Å². The van der Waals surface area contributed by atoms with E-state index in [1.165, 1.54) is 0 Å². The minimum absolute atomic E-state index is 0.184. The SMILES string of the molecule is Cc1c(OCc2c(Cl)cccc2Cl)ccc2c1O/C(=C\c1ccc3c(c1)OCO3)C2=O. The van der Waals surface area contributed by atoms with Crippen LogP contribution in [0.15, 0.2) is 54.3 Å². The van der Waals surface area contributed by atoms with Gasteiger partial charge in [0.15, 0.2) is 17.3 Å². The summed E-state index contributed by atoms with van der Waals surface area (Å²) in [6, 6.07) is 14.2. The average Bonchev–Trinajstić information content (AvgIpc) is 3.34. The van der Waals surface area contributed by atoms with E-state index in [9.17, 15) is 4.79 Å². The minimum Gasteiger partial charge on any atom is -0.488 e. The number of halogens is 2. The molecule has 156 valence electrons. The molecule has 5 rings (SSSR count). The van der Waals surface area contributed by atoms with Crippen LogP contribution in [-0.4, -0.2) is 12.6 Å². The van der Waals surface area contributed by atoms with Gasteiger partial charge < -0.3 is 18.9 Å². The van der Waals surface area contributed by atoms with Crippen LogP contribution in [0.25, 0.3) is 6.08 Å². The van der Waals surface area contributed by atoms with E-state index in [2.05, 4.69) is 0 Å². The number of carbonyl (C=O) groups is 1. The van der Waals surface area contributed by atoms with Crippen molar-refractivity contribution in [3.63, 3.8) is 0 Å². The van der Waals surface area contributed by atoms with Gasteiger partial charge in [0.25, 0.3) is 0 Å². The second-order valence-electron chi connectivity index (χ2n) is 7.11. The molecule has 3 aromatic rings. The van der Waals surface area contributed by atoms with Crippen molar-refractivity contribution in [2.45, 2.75) is 13.5 Å². The van der Waals surface area contributed by atoms with Crippen molar-refractivity contribution in [2.75, 3.05) is 6.79 Å². The van der Waals surface area contributed by atoms with Crippen molar-refractivity contribution < 1.29 is 23.7 Å². The number of rotatable bonds is 4. The summed E-state index contributed by atoms with van der Waals surface area (Å²) in [6.45, 7) is 2.24. The van der Waals surface area contributed by atoms with E-state index in [-0.39, 0.29) is 24.9 Å². The van der Waals surface area contributed by atoms with Gasteiger partial charge in [-0.1, -0.05) is 35.3 Å². The Kier molecular flexibility index (Phi) is 5.00. The van der Waals surface area contributed by atoms with Crippen LogP contribution in [0.5, 0.6) is 23.0 Å². The van der Waals surface area contributed by atoms with Gasteiger partial charge >= 0.3 is 0 Å². The van der Waals surface area contributed by atoms with Gasteiger partial charge in [-0.05, 0) is 55.0 Å². The van der Waals surface area contributed by atoms with Crippen molar-refractivity contribution >= 4 is 35.1 Å². The summed E-state index contributed by atoms with van der Waals surface area (Å²) in [5, 5.41) is 1.07. The van der Waals surface area contributed by atoms with Gasteiger partial charge in [0, 0.05) is 21.2 Å². The maximum atomic E-state index is 12.8. The van der Waals surface area contributed by atoms with E-state index in [1.807, 2.05) is 19.1 Å². The summed E-state index contributed by atoms with van der Waals surface area (Å²) in [4.78, 5) is 12.8. The van der Waals surface area contributed by atoms with Crippen molar-refractivity contribution in [3.05, 3.63) is 86.6 Å². The minimum atomic E-state index is -0.184. The Hall–Kier alpha value is -3.15. The Labute approximate surface area is 188 Å². The van der Waals surface area contributed by atoms with Crippen molar-refractivity contribution in [2.24, 2.45) is 0 Å². The zero-order chi connectivity index (χ0) is 21.5. The lowest BCUT2D eigenvalue weighted by molar-refractivity contribution is 0.101. The van der Waals surface area contributed by atoms with Crippen LogP contribution in [0.3, 0.4) is 0 Å². The largest absolute Gasteiger partial charge is 0.488 e. The van der Waals surface area contributed by atoms with E-state index >= 15 is 0 Å². The molecule has 0 spiro atoms. The Morgan fingerprint density at radius 2 is 1.81 bits per heavy atom. The molecule has 0 saturated heterocycles. The first kappa shape index (κ1) is 19.8. The molecule has 5 nitrogen and oxygen atoms in total. The third-order valence-corrected chi connectivity index (χ3v) is 5.87. The number of allylic oxidation sites excluding steroid dienone is 1.